The van der Waals surface area contributed by atoms with Gasteiger partial charge in [0.2, 0.25) is 11.8 Å². The third kappa shape index (κ3) is 16.6. The zero-order valence-electron chi connectivity index (χ0n) is 21.5. The molecule has 2 unspecified atom stereocenters. The van der Waals surface area contributed by atoms with Crippen molar-refractivity contribution in [2.24, 2.45) is 11.7 Å². The Morgan fingerprint density at radius 3 is 1.86 bits per heavy atom. The molecule has 35 heavy (non-hydrogen) atoms. The summed E-state index contributed by atoms with van der Waals surface area (Å²) in [5, 5.41) is 4.90. The van der Waals surface area contributed by atoms with E-state index in [2.05, 4.69) is 56.6 Å². The molecule has 0 radical (unpaired) electrons. The summed E-state index contributed by atoms with van der Waals surface area (Å²) in [6.45, 7) is 9.66. The first kappa shape index (κ1) is 32.4. The number of amides is 4. The average Bonchev–Trinajstić information content (AvgIpc) is 2.78. The predicted octanol–water partition coefficient (Wildman–Crippen LogP) is 1.50. The highest BCUT2D eigenvalue weighted by molar-refractivity contribution is 7.99. The predicted molar refractivity (Wildman–Crippen MR) is 142 cm³/mol. The SMILES string of the molecule is CC(=O)NC(CC(=O)NC(CSCC=C(C)CCC=C(C)CCC=C(C)C)C(=O)NN)C(=O)NN. The van der Waals surface area contributed by atoms with Crippen molar-refractivity contribution in [2.45, 2.75) is 78.8 Å². The Morgan fingerprint density at radius 2 is 1.31 bits per heavy atom. The van der Waals surface area contributed by atoms with E-state index >= 15 is 0 Å². The highest BCUT2D eigenvalue weighted by atomic mass is 32.2. The molecule has 0 fully saturated rings. The molecule has 0 saturated heterocycles. The third-order valence-corrected chi connectivity index (χ3v) is 5.95. The number of nitrogens with two attached hydrogens (primary N) is 2. The van der Waals surface area contributed by atoms with Gasteiger partial charge in [-0.1, -0.05) is 34.9 Å². The van der Waals surface area contributed by atoms with E-state index in [-0.39, 0.29) is 12.2 Å². The Hall–Kier alpha value is -2.63. The molecule has 0 aromatic rings. The van der Waals surface area contributed by atoms with Crippen LogP contribution >= 0.6 is 11.8 Å². The Bertz CT molecular complexity index is 806. The van der Waals surface area contributed by atoms with E-state index < -0.39 is 35.7 Å². The summed E-state index contributed by atoms with van der Waals surface area (Å²) >= 11 is 1.47. The summed E-state index contributed by atoms with van der Waals surface area (Å²) < 4.78 is 0. The van der Waals surface area contributed by atoms with Crippen LogP contribution in [0.2, 0.25) is 0 Å². The molecule has 2 atom stereocenters. The van der Waals surface area contributed by atoms with Crippen molar-refractivity contribution < 1.29 is 19.2 Å². The second-order valence-electron chi connectivity index (χ2n) is 8.59. The van der Waals surface area contributed by atoms with Crippen LogP contribution in [-0.4, -0.2) is 47.2 Å². The molecule has 10 nitrogen and oxygen atoms in total. The molecule has 0 aliphatic carbocycles. The van der Waals surface area contributed by atoms with E-state index in [1.807, 2.05) is 10.9 Å². The number of hydrazine groups is 2. The summed E-state index contributed by atoms with van der Waals surface area (Å²) in [5.41, 5.74) is 7.92. The van der Waals surface area contributed by atoms with Crippen LogP contribution in [0.3, 0.4) is 0 Å². The standard InChI is InChI=1S/C24H42N6O4S/c1-16(2)8-6-9-17(3)10-7-11-18(4)12-13-35-15-21(24(34)30-26)28-22(32)14-20(23(33)29-25)27-19(5)31/h8,10,12,20-21H,6-7,9,11,13-15,25-26H2,1-5H3,(H,27,31)(H,28,32)(H,29,33)(H,30,34). The lowest BCUT2D eigenvalue weighted by atomic mass is 10.1. The van der Waals surface area contributed by atoms with Gasteiger partial charge in [0, 0.05) is 18.4 Å². The Labute approximate surface area is 213 Å². The number of hydrogen-bond acceptors (Lipinski definition) is 7. The zero-order valence-corrected chi connectivity index (χ0v) is 22.3. The van der Waals surface area contributed by atoms with Gasteiger partial charge in [-0.25, -0.2) is 11.7 Å². The quantitative estimate of drug-likeness (QED) is 0.0601. The first-order valence-corrected chi connectivity index (χ1v) is 12.7. The van der Waals surface area contributed by atoms with Gasteiger partial charge in [0.1, 0.15) is 12.1 Å². The van der Waals surface area contributed by atoms with Crippen LogP contribution in [0, 0.1) is 0 Å². The molecule has 0 aliphatic heterocycles. The molecular weight excluding hydrogens is 468 g/mol. The van der Waals surface area contributed by atoms with E-state index in [0.717, 1.165) is 25.7 Å². The topological polar surface area (TPSA) is 168 Å². The minimum Gasteiger partial charge on any atom is -0.344 e. The fraction of sp³-hybridized carbons (Fsp3) is 0.583. The van der Waals surface area contributed by atoms with E-state index in [4.69, 9.17) is 11.7 Å². The smallest absolute Gasteiger partial charge is 0.257 e. The van der Waals surface area contributed by atoms with Crippen LogP contribution in [0.1, 0.15) is 66.7 Å². The lowest BCUT2D eigenvalue weighted by Gasteiger charge is -2.19. The molecule has 0 rings (SSSR count). The van der Waals surface area contributed by atoms with Crippen LogP contribution in [0.5, 0.6) is 0 Å². The number of hydrogen-bond donors (Lipinski definition) is 6. The van der Waals surface area contributed by atoms with E-state index in [1.54, 1.807) is 0 Å². The number of nitrogens with one attached hydrogen (secondary N) is 4. The maximum atomic E-state index is 12.4. The molecule has 0 heterocycles. The molecule has 11 heteroatoms. The molecule has 0 saturated carbocycles. The number of allylic oxidation sites excluding steroid dienone is 5. The fourth-order valence-electron chi connectivity index (χ4n) is 3.00. The molecule has 0 spiro atoms. The fourth-order valence-corrected chi connectivity index (χ4v) is 4.01. The number of carbonyl (C=O) groups excluding carboxylic acids is 4. The summed E-state index contributed by atoms with van der Waals surface area (Å²) in [7, 11) is 0. The molecule has 198 valence electrons. The van der Waals surface area contributed by atoms with Gasteiger partial charge in [0.25, 0.3) is 11.8 Å². The largest absolute Gasteiger partial charge is 0.344 e. The molecule has 8 N–H and O–H groups in total. The van der Waals surface area contributed by atoms with Gasteiger partial charge in [-0.3, -0.25) is 30.0 Å². The monoisotopic (exact) mass is 510 g/mol. The Morgan fingerprint density at radius 1 is 0.771 bits per heavy atom. The first-order chi connectivity index (χ1) is 16.5. The first-order valence-electron chi connectivity index (χ1n) is 11.6. The lowest BCUT2D eigenvalue weighted by Crippen LogP contribution is -2.54. The molecule has 0 aliphatic rings. The van der Waals surface area contributed by atoms with Crippen molar-refractivity contribution in [1.82, 2.24) is 21.5 Å². The second kappa shape index (κ2) is 18.7. The zero-order chi connectivity index (χ0) is 26.8. The summed E-state index contributed by atoms with van der Waals surface area (Å²) in [6.07, 6.45) is 10.3. The number of thioether (sulfide) groups is 1. The van der Waals surface area contributed by atoms with E-state index in [1.165, 1.54) is 35.4 Å². The van der Waals surface area contributed by atoms with Crippen LogP contribution in [0.25, 0.3) is 0 Å². The highest BCUT2D eigenvalue weighted by Gasteiger charge is 2.25. The van der Waals surface area contributed by atoms with Crippen molar-refractivity contribution in [1.29, 1.82) is 0 Å². The highest BCUT2D eigenvalue weighted by Crippen LogP contribution is 2.13. The molecular formula is C24H42N6O4S. The van der Waals surface area contributed by atoms with E-state index in [9.17, 15) is 19.2 Å². The normalized spacial score (nSPS) is 13.3. The van der Waals surface area contributed by atoms with Crippen molar-refractivity contribution in [3.8, 4) is 0 Å². The van der Waals surface area contributed by atoms with Gasteiger partial charge in [-0.05, 0) is 53.4 Å². The van der Waals surface area contributed by atoms with Crippen molar-refractivity contribution in [3.63, 3.8) is 0 Å². The van der Waals surface area contributed by atoms with Crippen LogP contribution in [-0.2, 0) is 19.2 Å². The molecule has 0 aromatic carbocycles. The van der Waals surface area contributed by atoms with Gasteiger partial charge < -0.3 is 10.6 Å². The minimum atomic E-state index is -1.15. The van der Waals surface area contributed by atoms with Gasteiger partial charge in [0.05, 0.1) is 6.42 Å². The lowest BCUT2D eigenvalue weighted by molar-refractivity contribution is -0.132. The molecule has 4 amide bonds. The maximum Gasteiger partial charge on any atom is 0.257 e. The summed E-state index contributed by atoms with van der Waals surface area (Å²) in [4.78, 5) is 47.5. The second-order valence-corrected chi connectivity index (χ2v) is 9.67. The third-order valence-electron chi connectivity index (χ3n) is 4.98. The summed E-state index contributed by atoms with van der Waals surface area (Å²) in [6, 6.07) is -2.04. The van der Waals surface area contributed by atoms with Crippen molar-refractivity contribution >= 4 is 35.4 Å². The van der Waals surface area contributed by atoms with Crippen molar-refractivity contribution in [3.05, 3.63) is 34.9 Å². The van der Waals surface area contributed by atoms with Gasteiger partial charge in [-0.15, -0.1) is 0 Å². The number of rotatable bonds is 16. The maximum absolute atomic E-state index is 12.4. The van der Waals surface area contributed by atoms with Crippen LogP contribution < -0.4 is 33.2 Å². The summed E-state index contributed by atoms with van der Waals surface area (Å²) in [5.74, 6) is 8.94. The van der Waals surface area contributed by atoms with Crippen LogP contribution in [0.4, 0.5) is 0 Å². The minimum absolute atomic E-state index is 0.288. The van der Waals surface area contributed by atoms with Crippen LogP contribution in [0.15, 0.2) is 34.9 Å². The van der Waals surface area contributed by atoms with Gasteiger partial charge in [-0.2, -0.15) is 11.8 Å². The number of carbonyl (C=O) groups is 4. The van der Waals surface area contributed by atoms with E-state index in [0.29, 0.717) is 5.75 Å². The Balaban J connectivity index is 4.65. The van der Waals surface area contributed by atoms with Gasteiger partial charge >= 0.3 is 0 Å². The Kier molecular flexibility index (Phi) is 17.3. The van der Waals surface area contributed by atoms with Crippen molar-refractivity contribution in [2.75, 3.05) is 11.5 Å². The average molecular weight is 511 g/mol. The molecule has 0 bridgehead atoms. The molecule has 0 aromatic heterocycles. The van der Waals surface area contributed by atoms with Gasteiger partial charge in [0.15, 0.2) is 0 Å².